The number of nitrogens with zero attached hydrogens (tertiary/aromatic N) is 4. The first-order valence-electron chi connectivity index (χ1n) is 9.51. The van der Waals surface area contributed by atoms with Gasteiger partial charge >= 0.3 is 5.91 Å². The number of fused-ring (bicyclic) bond motifs is 1. The standard InChI is InChI=1S/C24H18N4O3/c1-28-21-5-3-2-4-20(21)23(24(28)30)27-26-22(29)15-31-19-12-10-18(11-13-19)17-8-6-16(14-25)7-9-17/h2-13,30H,15H2,1H3. The van der Waals surface area contributed by atoms with Crippen molar-refractivity contribution in [3.63, 3.8) is 0 Å². The van der Waals surface area contributed by atoms with E-state index in [1.165, 1.54) is 0 Å². The van der Waals surface area contributed by atoms with E-state index < -0.39 is 5.91 Å². The number of carbonyl (C=O) groups excluding carboxylic acids is 1. The minimum atomic E-state index is -0.566. The quantitative estimate of drug-likeness (QED) is 0.462. The van der Waals surface area contributed by atoms with Gasteiger partial charge in [0.1, 0.15) is 5.75 Å². The van der Waals surface area contributed by atoms with Crippen LogP contribution in [0.15, 0.2) is 83.0 Å². The molecule has 0 aliphatic heterocycles. The number of rotatable bonds is 5. The lowest BCUT2D eigenvalue weighted by Gasteiger charge is -2.05. The van der Waals surface area contributed by atoms with Gasteiger partial charge in [-0.3, -0.25) is 4.79 Å². The number of benzene rings is 3. The summed E-state index contributed by atoms with van der Waals surface area (Å²) in [6, 6.07) is 24.0. The third kappa shape index (κ3) is 4.14. The van der Waals surface area contributed by atoms with Gasteiger partial charge in [0.25, 0.3) is 0 Å². The van der Waals surface area contributed by atoms with Crippen molar-refractivity contribution < 1.29 is 14.6 Å². The highest BCUT2D eigenvalue weighted by molar-refractivity contribution is 5.95. The number of aromatic hydroxyl groups is 1. The van der Waals surface area contributed by atoms with E-state index >= 15 is 0 Å². The van der Waals surface area contributed by atoms with Gasteiger partial charge in [-0.2, -0.15) is 5.26 Å². The first-order valence-corrected chi connectivity index (χ1v) is 9.51. The van der Waals surface area contributed by atoms with Crippen molar-refractivity contribution in [1.82, 2.24) is 4.57 Å². The topological polar surface area (TPSA) is 100.0 Å². The summed E-state index contributed by atoms with van der Waals surface area (Å²) in [7, 11) is 1.71. The Morgan fingerprint density at radius 2 is 1.68 bits per heavy atom. The van der Waals surface area contributed by atoms with Crippen molar-refractivity contribution in [2.75, 3.05) is 6.61 Å². The van der Waals surface area contributed by atoms with Crippen molar-refractivity contribution in [2.24, 2.45) is 17.3 Å². The van der Waals surface area contributed by atoms with E-state index in [9.17, 15) is 9.90 Å². The Balaban J connectivity index is 1.40. The van der Waals surface area contributed by atoms with E-state index in [1.807, 2.05) is 42.5 Å². The number of hydrogen-bond donors (Lipinski definition) is 1. The summed E-state index contributed by atoms with van der Waals surface area (Å²) in [5.74, 6) is -0.102. The zero-order chi connectivity index (χ0) is 21.8. The Kier molecular flexibility index (Phi) is 5.45. The van der Waals surface area contributed by atoms with Gasteiger partial charge in [-0.25, -0.2) is 0 Å². The number of azo groups is 1. The van der Waals surface area contributed by atoms with Crippen molar-refractivity contribution >= 4 is 22.5 Å². The van der Waals surface area contributed by atoms with E-state index in [0.29, 0.717) is 16.7 Å². The van der Waals surface area contributed by atoms with Crippen LogP contribution in [0.5, 0.6) is 11.6 Å². The molecule has 152 valence electrons. The fourth-order valence-corrected chi connectivity index (χ4v) is 3.22. The van der Waals surface area contributed by atoms with Crippen LogP contribution >= 0.6 is 0 Å². The summed E-state index contributed by atoms with van der Waals surface area (Å²) in [6.45, 7) is -0.273. The predicted octanol–water partition coefficient (Wildman–Crippen LogP) is 5.11. The highest BCUT2D eigenvalue weighted by atomic mass is 16.5. The Morgan fingerprint density at radius 1 is 1.03 bits per heavy atom. The number of amides is 1. The molecule has 7 heteroatoms. The van der Waals surface area contributed by atoms with E-state index in [-0.39, 0.29) is 18.2 Å². The molecule has 0 saturated carbocycles. The van der Waals surface area contributed by atoms with Gasteiger partial charge in [-0.05, 0) is 41.5 Å². The minimum absolute atomic E-state index is 0.0583. The molecule has 0 unspecified atom stereocenters. The number of carbonyl (C=O) groups is 1. The van der Waals surface area contributed by atoms with Crippen LogP contribution in [0.2, 0.25) is 0 Å². The monoisotopic (exact) mass is 410 g/mol. The Labute approximate surface area is 178 Å². The molecule has 1 amide bonds. The van der Waals surface area contributed by atoms with Gasteiger partial charge in [0.15, 0.2) is 12.3 Å². The zero-order valence-electron chi connectivity index (χ0n) is 16.7. The number of aryl methyl sites for hydroxylation is 1. The molecule has 0 saturated heterocycles. The summed E-state index contributed by atoms with van der Waals surface area (Å²) >= 11 is 0. The molecule has 0 spiro atoms. The molecule has 3 aromatic carbocycles. The molecule has 7 nitrogen and oxygen atoms in total. The van der Waals surface area contributed by atoms with Crippen LogP contribution in [0, 0.1) is 11.3 Å². The molecule has 4 rings (SSSR count). The minimum Gasteiger partial charge on any atom is -0.493 e. The maximum absolute atomic E-state index is 12.1. The molecular formula is C24H18N4O3. The van der Waals surface area contributed by atoms with E-state index in [0.717, 1.165) is 16.6 Å². The van der Waals surface area contributed by atoms with Gasteiger partial charge in [0.05, 0.1) is 17.1 Å². The first-order chi connectivity index (χ1) is 15.1. The van der Waals surface area contributed by atoms with Crippen LogP contribution in [0.25, 0.3) is 22.0 Å². The lowest BCUT2D eigenvalue weighted by molar-refractivity contribution is -0.120. The summed E-state index contributed by atoms with van der Waals surface area (Å²) in [6.07, 6.45) is 0. The SMILES string of the molecule is Cn1c(O)c(N=NC(=O)COc2ccc(-c3ccc(C#N)cc3)cc2)c2ccccc21. The number of para-hydroxylation sites is 1. The molecular weight excluding hydrogens is 392 g/mol. The third-order valence-electron chi connectivity index (χ3n) is 4.88. The molecule has 0 radical (unpaired) electrons. The number of ether oxygens (including phenoxy) is 1. The predicted molar refractivity (Wildman–Crippen MR) is 116 cm³/mol. The average Bonchev–Trinajstić information content (AvgIpc) is 3.06. The van der Waals surface area contributed by atoms with E-state index in [2.05, 4.69) is 16.3 Å². The molecule has 1 N–H and O–H groups in total. The summed E-state index contributed by atoms with van der Waals surface area (Å²) in [5.41, 5.74) is 3.59. The zero-order valence-corrected chi connectivity index (χ0v) is 16.7. The second-order valence-electron chi connectivity index (χ2n) is 6.84. The Bertz CT molecular complexity index is 1310. The van der Waals surface area contributed by atoms with Crippen molar-refractivity contribution in [3.05, 3.63) is 78.4 Å². The molecule has 31 heavy (non-hydrogen) atoms. The summed E-state index contributed by atoms with van der Waals surface area (Å²) in [4.78, 5) is 12.1. The van der Waals surface area contributed by atoms with Crippen molar-refractivity contribution in [2.45, 2.75) is 0 Å². The first kappa shape index (κ1) is 19.9. The largest absolute Gasteiger partial charge is 0.493 e. The summed E-state index contributed by atoms with van der Waals surface area (Å²) in [5, 5.41) is 27.4. The van der Waals surface area contributed by atoms with Crippen LogP contribution in [0.4, 0.5) is 5.69 Å². The molecule has 1 aromatic heterocycles. The molecule has 0 atom stereocenters. The van der Waals surface area contributed by atoms with Gasteiger partial charge in [-0.15, -0.1) is 10.2 Å². The molecule has 4 aromatic rings. The van der Waals surface area contributed by atoms with Crippen LogP contribution < -0.4 is 4.74 Å². The molecule has 0 aliphatic carbocycles. The van der Waals surface area contributed by atoms with Crippen LogP contribution in [-0.2, 0) is 11.8 Å². The Morgan fingerprint density at radius 3 is 2.35 bits per heavy atom. The fraction of sp³-hybridized carbons (Fsp3) is 0.0833. The van der Waals surface area contributed by atoms with Crippen molar-refractivity contribution in [1.29, 1.82) is 5.26 Å². The lowest BCUT2D eigenvalue weighted by atomic mass is 10.0. The van der Waals surface area contributed by atoms with Gasteiger partial charge in [0, 0.05) is 12.4 Å². The van der Waals surface area contributed by atoms with Gasteiger partial charge < -0.3 is 14.4 Å². The summed E-state index contributed by atoms with van der Waals surface area (Å²) < 4.78 is 7.08. The van der Waals surface area contributed by atoms with Gasteiger partial charge in [0.2, 0.25) is 5.88 Å². The second-order valence-corrected chi connectivity index (χ2v) is 6.84. The Hall–Kier alpha value is -4.44. The van der Waals surface area contributed by atoms with E-state index in [1.54, 1.807) is 41.9 Å². The second kappa shape index (κ2) is 8.51. The van der Waals surface area contributed by atoms with Crippen LogP contribution in [0.3, 0.4) is 0 Å². The molecule has 0 aliphatic rings. The number of hydrogen-bond acceptors (Lipinski definition) is 5. The number of aromatic nitrogens is 1. The van der Waals surface area contributed by atoms with Crippen LogP contribution in [0.1, 0.15) is 5.56 Å². The highest BCUT2D eigenvalue weighted by Gasteiger charge is 2.14. The lowest BCUT2D eigenvalue weighted by Crippen LogP contribution is -2.07. The van der Waals surface area contributed by atoms with E-state index in [4.69, 9.17) is 10.00 Å². The molecule has 1 heterocycles. The molecule has 0 bridgehead atoms. The van der Waals surface area contributed by atoms with Gasteiger partial charge in [-0.1, -0.05) is 42.5 Å². The van der Waals surface area contributed by atoms with Crippen LogP contribution in [-0.4, -0.2) is 22.2 Å². The smallest absolute Gasteiger partial charge is 0.302 e. The average molecular weight is 410 g/mol. The third-order valence-corrected chi connectivity index (χ3v) is 4.88. The van der Waals surface area contributed by atoms with Crippen molar-refractivity contribution in [3.8, 4) is 28.8 Å². The maximum atomic E-state index is 12.1. The fourth-order valence-electron chi connectivity index (χ4n) is 3.22. The molecule has 0 fully saturated rings. The highest BCUT2D eigenvalue weighted by Crippen LogP contribution is 2.37. The number of nitriles is 1. The normalized spacial score (nSPS) is 11.0. The maximum Gasteiger partial charge on any atom is 0.302 e.